The van der Waals surface area contributed by atoms with Crippen molar-refractivity contribution >= 4 is 26.0 Å². The first-order chi connectivity index (χ1) is 8.62. The number of hydrogen-bond acceptors (Lipinski definition) is 3. The molecule has 1 saturated carbocycles. The summed E-state index contributed by atoms with van der Waals surface area (Å²) >= 11 is 3.32. The van der Waals surface area contributed by atoms with Crippen LogP contribution in [0.4, 0.5) is 0 Å². The molecule has 0 aliphatic heterocycles. The van der Waals surface area contributed by atoms with E-state index in [2.05, 4.69) is 20.8 Å². The van der Waals surface area contributed by atoms with Gasteiger partial charge in [0.25, 0.3) is 10.0 Å². The quantitative estimate of drug-likeness (QED) is 0.665. The highest BCUT2D eigenvalue weighted by molar-refractivity contribution is 9.08. The molecule has 0 heterocycles. The highest BCUT2D eigenvalue weighted by Crippen LogP contribution is 2.21. The fourth-order valence-corrected chi connectivity index (χ4v) is 3.17. The van der Waals surface area contributed by atoms with Gasteiger partial charge in [0, 0.05) is 5.33 Å². The van der Waals surface area contributed by atoms with Crippen LogP contribution in [0.2, 0.25) is 0 Å². The number of halogens is 1. The van der Waals surface area contributed by atoms with Gasteiger partial charge in [-0.3, -0.25) is 4.84 Å². The molecule has 0 bridgehead atoms. The van der Waals surface area contributed by atoms with Gasteiger partial charge in [0.15, 0.2) is 0 Å². The van der Waals surface area contributed by atoms with E-state index in [1.54, 1.807) is 24.3 Å². The van der Waals surface area contributed by atoms with Crippen LogP contribution in [0.5, 0.6) is 0 Å². The van der Waals surface area contributed by atoms with Crippen LogP contribution < -0.4 is 4.89 Å². The Morgan fingerprint density at radius 1 is 1.22 bits per heavy atom. The number of benzene rings is 1. The van der Waals surface area contributed by atoms with Crippen molar-refractivity contribution in [2.24, 2.45) is 0 Å². The van der Waals surface area contributed by atoms with E-state index in [1.165, 1.54) is 0 Å². The van der Waals surface area contributed by atoms with Gasteiger partial charge in [0.1, 0.15) is 0 Å². The molecule has 0 radical (unpaired) electrons. The van der Waals surface area contributed by atoms with Crippen molar-refractivity contribution in [2.45, 2.75) is 42.0 Å². The van der Waals surface area contributed by atoms with Crippen LogP contribution in [0, 0.1) is 0 Å². The molecule has 1 fully saturated rings. The predicted octanol–water partition coefficient (Wildman–Crippen LogP) is 2.73. The molecule has 2 rings (SSSR count). The lowest BCUT2D eigenvalue weighted by molar-refractivity contribution is 0.0223. The molecule has 0 unspecified atom stereocenters. The van der Waals surface area contributed by atoms with E-state index in [9.17, 15) is 8.42 Å². The van der Waals surface area contributed by atoms with E-state index in [-0.39, 0.29) is 11.0 Å². The second kappa shape index (κ2) is 6.14. The SMILES string of the molecule is O=S(=O)(NOC1CCCC1)c1ccc(CBr)cc1. The fraction of sp³-hybridized carbons (Fsp3) is 0.500. The maximum Gasteiger partial charge on any atom is 0.262 e. The van der Waals surface area contributed by atoms with E-state index in [1.807, 2.05) is 0 Å². The number of sulfonamides is 1. The van der Waals surface area contributed by atoms with Crippen molar-refractivity contribution in [3.05, 3.63) is 29.8 Å². The normalized spacial score (nSPS) is 17.2. The summed E-state index contributed by atoms with van der Waals surface area (Å²) in [4.78, 5) is 7.67. The van der Waals surface area contributed by atoms with Gasteiger partial charge in [-0.05, 0) is 30.5 Å². The van der Waals surface area contributed by atoms with Crippen molar-refractivity contribution in [3.8, 4) is 0 Å². The highest BCUT2D eigenvalue weighted by atomic mass is 79.9. The van der Waals surface area contributed by atoms with E-state index in [0.717, 1.165) is 31.2 Å². The van der Waals surface area contributed by atoms with E-state index >= 15 is 0 Å². The van der Waals surface area contributed by atoms with Crippen LogP contribution in [0.1, 0.15) is 31.2 Å². The third kappa shape index (κ3) is 3.54. The summed E-state index contributed by atoms with van der Waals surface area (Å²) in [5.74, 6) is 0. The number of rotatable bonds is 5. The number of alkyl halides is 1. The third-order valence-corrected chi connectivity index (χ3v) is 4.87. The van der Waals surface area contributed by atoms with Crippen LogP contribution >= 0.6 is 15.9 Å². The van der Waals surface area contributed by atoms with Crippen molar-refractivity contribution in [1.82, 2.24) is 4.89 Å². The smallest absolute Gasteiger partial charge is 0.262 e. The Bertz CT molecular complexity index is 481. The van der Waals surface area contributed by atoms with Gasteiger partial charge < -0.3 is 0 Å². The topological polar surface area (TPSA) is 55.4 Å². The van der Waals surface area contributed by atoms with Crippen molar-refractivity contribution < 1.29 is 13.3 Å². The van der Waals surface area contributed by atoms with Gasteiger partial charge in [-0.1, -0.05) is 45.8 Å². The molecule has 0 atom stereocenters. The number of hydrogen-bond donors (Lipinski definition) is 1. The molecule has 0 aromatic heterocycles. The van der Waals surface area contributed by atoms with Gasteiger partial charge in [0.05, 0.1) is 11.0 Å². The lowest BCUT2D eigenvalue weighted by Gasteiger charge is -2.12. The maximum atomic E-state index is 11.9. The molecule has 0 spiro atoms. The maximum absolute atomic E-state index is 11.9. The van der Waals surface area contributed by atoms with Crippen LogP contribution in [0.15, 0.2) is 29.2 Å². The zero-order chi connectivity index (χ0) is 13.0. The molecule has 4 nitrogen and oxygen atoms in total. The van der Waals surface area contributed by atoms with Gasteiger partial charge in [-0.2, -0.15) is 0 Å². The van der Waals surface area contributed by atoms with Crippen LogP contribution in [0.25, 0.3) is 0 Å². The van der Waals surface area contributed by atoms with E-state index in [0.29, 0.717) is 5.33 Å². The standard InChI is InChI=1S/C12H16BrNO3S/c13-9-10-5-7-12(8-6-10)18(15,16)14-17-11-3-1-2-4-11/h5-8,11,14H,1-4,9H2. The molecule has 1 aromatic rings. The molecule has 0 saturated heterocycles. The molecular weight excluding hydrogens is 318 g/mol. The summed E-state index contributed by atoms with van der Waals surface area (Å²) in [7, 11) is -3.56. The zero-order valence-electron chi connectivity index (χ0n) is 9.93. The lowest BCUT2D eigenvalue weighted by atomic mass is 10.2. The molecule has 1 aliphatic carbocycles. The second-order valence-electron chi connectivity index (χ2n) is 4.39. The molecule has 18 heavy (non-hydrogen) atoms. The average molecular weight is 334 g/mol. The largest absolute Gasteiger partial charge is 0.284 e. The Morgan fingerprint density at radius 2 is 1.83 bits per heavy atom. The highest BCUT2D eigenvalue weighted by Gasteiger charge is 2.20. The molecule has 0 amide bonds. The molecule has 1 N–H and O–H groups in total. The van der Waals surface area contributed by atoms with Crippen LogP contribution in [-0.4, -0.2) is 14.5 Å². The Balaban J connectivity index is 2.00. The van der Waals surface area contributed by atoms with Gasteiger partial charge in [-0.15, -0.1) is 0 Å². The molecule has 6 heteroatoms. The molecular formula is C12H16BrNO3S. The van der Waals surface area contributed by atoms with Gasteiger partial charge in [-0.25, -0.2) is 8.42 Å². The minimum atomic E-state index is -3.56. The molecule has 1 aromatic carbocycles. The van der Waals surface area contributed by atoms with E-state index < -0.39 is 10.0 Å². The summed E-state index contributed by atoms with van der Waals surface area (Å²) in [5, 5.41) is 0.708. The summed E-state index contributed by atoms with van der Waals surface area (Å²) in [6.45, 7) is 0. The minimum absolute atomic E-state index is 0.0154. The fourth-order valence-electron chi connectivity index (χ4n) is 1.94. The monoisotopic (exact) mass is 333 g/mol. The minimum Gasteiger partial charge on any atom is -0.284 e. The number of nitrogens with one attached hydrogen (secondary N) is 1. The Morgan fingerprint density at radius 3 is 2.39 bits per heavy atom. The molecule has 100 valence electrons. The van der Waals surface area contributed by atoms with Gasteiger partial charge >= 0.3 is 0 Å². The second-order valence-corrected chi connectivity index (χ2v) is 6.59. The third-order valence-electron chi connectivity index (χ3n) is 3.01. The molecule has 1 aliphatic rings. The van der Waals surface area contributed by atoms with Crippen molar-refractivity contribution in [3.63, 3.8) is 0 Å². The first kappa shape index (κ1) is 14.0. The van der Waals surface area contributed by atoms with Crippen molar-refractivity contribution in [2.75, 3.05) is 0 Å². The summed E-state index contributed by atoms with van der Waals surface area (Å²) in [5.41, 5.74) is 1.03. The summed E-state index contributed by atoms with van der Waals surface area (Å²) in [6, 6.07) is 6.71. The Kier molecular flexibility index (Phi) is 4.77. The van der Waals surface area contributed by atoms with Crippen LogP contribution in [0.3, 0.4) is 0 Å². The zero-order valence-corrected chi connectivity index (χ0v) is 12.3. The average Bonchev–Trinajstić information content (AvgIpc) is 2.90. The first-order valence-electron chi connectivity index (χ1n) is 5.94. The van der Waals surface area contributed by atoms with Crippen LogP contribution in [-0.2, 0) is 20.2 Å². The Hall–Kier alpha value is -0.430. The van der Waals surface area contributed by atoms with Crippen molar-refractivity contribution in [1.29, 1.82) is 0 Å². The Labute approximate surface area is 116 Å². The summed E-state index contributed by atoms with van der Waals surface area (Å²) < 4.78 is 23.9. The lowest BCUT2D eigenvalue weighted by Crippen LogP contribution is -2.28. The van der Waals surface area contributed by atoms with E-state index in [4.69, 9.17) is 4.84 Å². The predicted molar refractivity (Wildman–Crippen MR) is 72.7 cm³/mol. The van der Waals surface area contributed by atoms with Gasteiger partial charge in [0.2, 0.25) is 0 Å². The summed E-state index contributed by atoms with van der Waals surface area (Å²) in [6.07, 6.45) is 4.07. The first-order valence-corrected chi connectivity index (χ1v) is 8.54.